The summed E-state index contributed by atoms with van der Waals surface area (Å²) in [6.07, 6.45) is 4.01. The van der Waals surface area contributed by atoms with Crippen LogP contribution >= 0.6 is 12.6 Å². The van der Waals surface area contributed by atoms with Crippen molar-refractivity contribution in [3.8, 4) is 0 Å². The molecular formula is C25H31N7O7S. The van der Waals surface area contributed by atoms with E-state index in [0.29, 0.717) is 5.69 Å². The van der Waals surface area contributed by atoms with Crippen molar-refractivity contribution in [1.29, 1.82) is 0 Å². The molecule has 0 aliphatic rings. The lowest BCUT2D eigenvalue weighted by Crippen LogP contribution is -2.58. The normalized spacial score (nSPS) is 14.1. The van der Waals surface area contributed by atoms with Crippen molar-refractivity contribution in [3.63, 3.8) is 0 Å². The van der Waals surface area contributed by atoms with Gasteiger partial charge in [-0.3, -0.25) is 19.2 Å². The molecule has 2 heterocycles. The molecule has 4 atom stereocenters. The SMILES string of the molecule is NC(Cc1c[nH]c2ccccc12)C(=O)NC(Cc1cnc[nH]1)C(=O)NC(CS)C(=O)NC(CCC(=O)O)C(=O)O. The number of benzene rings is 1. The number of carbonyl (C=O) groups is 5. The highest BCUT2D eigenvalue weighted by atomic mass is 32.1. The van der Waals surface area contributed by atoms with E-state index in [9.17, 15) is 29.1 Å². The molecule has 3 amide bonds. The minimum atomic E-state index is -1.48. The highest BCUT2D eigenvalue weighted by Gasteiger charge is 2.30. The van der Waals surface area contributed by atoms with Crippen molar-refractivity contribution in [1.82, 2.24) is 30.9 Å². The number of nitrogens with one attached hydrogen (secondary N) is 5. The summed E-state index contributed by atoms with van der Waals surface area (Å²) in [5, 5.41) is 26.4. The second-order valence-electron chi connectivity index (χ2n) is 9.09. The Morgan fingerprint density at radius 1 is 0.925 bits per heavy atom. The number of carboxylic acid groups (broad SMARTS) is 2. The predicted molar refractivity (Wildman–Crippen MR) is 146 cm³/mol. The molecule has 0 aliphatic carbocycles. The van der Waals surface area contributed by atoms with Crippen LogP contribution in [0.3, 0.4) is 0 Å². The van der Waals surface area contributed by atoms with Gasteiger partial charge >= 0.3 is 11.9 Å². The highest BCUT2D eigenvalue weighted by molar-refractivity contribution is 7.80. The Morgan fingerprint density at radius 2 is 1.60 bits per heavy atom. The van der Waals surface area contributed by atoms with Crippen LogP contribution in [-0.4, -0.2) is 84.7 Å². The first kappa shape index (κ1) is 30.2. The molecule has 0 radical (unpaired) electrons. The fraction of sp³-hybridized carbons (Fsp3) is 0.360. The second kappa shape index (κ2) is 14.1. The molecule has 0 saturated carbocycles. The molecule has 1 aromatic carbocycles. The number of amides is 3. The van der Waals surface area contributed by atoms with Crippen LogP contribution in [0.4, 0.5) is 0 Å². The van der Waals surface area contributed by atoms with Crippen molar-refractivity contribution >= 4 is 53.2 Å². The molecule has 4 unspecified atom stereocenters. The molecule has 0 saturated heterocycles. The van der Waals surface area contributed by atoms with Gasteiger partial charge in [0.25, 0.3) is 0 Å². The number of hydrogen-bond acceptors (Lipinski definition) is 8. The second-order valence-corrected chi connectivity index (χ2v) is 9.45. The zero-order chi connectivity index (χ0) is 29.2. The number of carboxylic acids is 2. The quantitative estimate of drug-likeness (QED) is 0.105. The third-order valence-corrected chi connectivity index (χ3v) is 6.51. The molecule has 15 heteroatoms. The topological polar surface area (TPSA) is 232 Å². The van der Waals surface area contributed by atoms with Crippen molar-refractivity contribution in [3.05, 3.63) is 54.2 Å². The standard InChI is InChI=1S/C25H31N7O7S/c26-16(7-13-9-28-17-4-2-1-3-15(13)17)22(35)31-19(8-14-10-27-12-29-14)23(36)32-20(11-40)24(37)30-18(25(38)39)5-6-21(33)34/h1-4,9-10,12,16,18-20,28,40H,5-8,11,26H2,(H,27,29)(H,30,37)(H,31,35)(H,32,36)(H,33,34)(H,38,39). The van der Waals surface area contributed by atoms with Gasteiger partial charge in [-0.2, -0.15) is 12.6 Å². The zero-order valence-corrected chi connectivity index (χ0v) is 22.2. The monoisotopic (exact) mass is 573 g/mol. The summed E-state index contributed by atoms with van der Waals surface area (Å²) in [6, 6.07) is 2.63. The molecule has 9 N–H and O–H groups in total. The van der Waals surface area contributed by atoms with Crippen LogP contribution in [-0.2, 0) is 36.8 Å². The largest absolute Gasteiger partial charge is 0.481 e. The van der Waals surface area contributed by atoms with Crippen LogP contribution < -0.4 is 21.7 Å². The minimum absolute atomic E-state index is 0.00531. The molecule has 0 fully saturated rings. The molecular weight excluding hydrogens is 542 g/mol. The van der Waals surface area contributed by atoms with E-state index in [-0.39, 0.29) is 25.0 Å². The van der Waals surface area contributed by atoms with E-state index < -0.39 is 60.2 Å². The predicted octanol–water partition coefficient (Wildman–Crippen LogP) is -0.663. The van der Waals surface area contributed by atoms with E-state index in [1.165, 1.54) is 12.5 Å². The third kappa shape index (κ3) is 8.31. The number of fused-ring (bicyclic) bond motifs is 1. The first-order valence-electron chi connectivity index (χ1n) is 12.3. The van der Waals surface area contributed by atoms with E-state index in [0.717, 1.165) is 16.5 Å². The van der Waals surface area contributed by atoms with Crippen LogP contribution in [0.1, 0.15) is 24.1 Å². The molecule has 40 heavy (non-hydrogen) atoms. The number of carbonyl (C=O) groups excluding carboxylic acids is 3. The molecule has 2 aromatic heterocycles. The van der Waals surface area contributed by atoms with Gasteiger partial charge in [0.05, 0.1) is 12.4 Å². The average molecular weight is 574 g/mol. The summed E-state index contributed by atoms with van der Waals surface area (Å²) < 4.78 is 0. The van der Waals surface area contributed by atoms with Gasteiger partial charge in [-0.05, 0) is 24.5 Å². The lowest BCUT2D eigenvalue weighted by molar-refractivity contribution is -0.143. The van der Waals surface area contributed by atoms with Crippen molar-refractivity contribution in [2.45, 2.75) is 49.9 Å². The zero-order valence-electron chi connectivity index (χ0n) is 21.3. The van der Waals surface area contributed by atoms with E-state index >= 15 is 0 Å². The van der Waals surface area contributed by atoms with E-state index in [4.69, 9.17) is 10.8 Å². The van der Waals surface area contributed by atoms with Crippen LogP contribution in [0.5, 0.6) is 0 Å². The van der Waals surface area contributed by atoms with Crippen LogP contribution in [0.25, 0.3) is 10.9 Å². The van der Waals surface area contributed by atoms with Crippen molar-refractivity contribution < 1.29 is 34.2 Å². The van der Waals surface area contributed by atoms with Gasteiger partial charge in [0, 0.05) is 47.6 Å². The Hall–Kier alpha value is -4.37. The lowest BCUT2D eigenvalue weighted by Gasteiger charge is -2.24. The molecule has 3 aromatic rings. The summed E-state index contributed by atoms with van der Waals surface area (Å²) in [7, 11) is 0. The number of hydrogen-bond donors (Lipinski definition) is 9. The maximum absolute atomic E-state index is 13.2. The number of para-hydroxylation sites is 1. The summed E-state index contributed by atoms with van der Waals surface area (Å²) in [5.74, 6) is -5.06. The number of aromatic amines is 2. The first-order chi connectivity index (χ1) is 19.1. The number of H-pyrrole nitrogens is 2. The Balaban J connectivity index is 1.68. The highest BCUT2D eigenvalue weighted by Crippen LogP contribution is 2.18. The summed E-state index contributed by atoms with van der Waals surface area (Å²) in [6.45, 7) is 0. The third-order valence-electron chi connectivity index (χ3n) is 6.14. The summed E-state index contributed by atoms with van der Waals surface area (Å²) in [4.78, 5) is 71.1. The number of nitrogens with two attached hydrogens (primary N) is 1. The van der Waals surface area contributed by atoms with Gasteiger partial charge in [0.15, 0.2) is 0 Å². The number of rotatable bonds is 15. The Labute approximate surface area is 233 Å². The van der Waals surface area contributed by atoms with Crippen LogP contribution in [0, 0.1) is 0 Å². The fourth-order valence-electron chi connectivity index (χ4n) is 4.00. The number of thiol groups is 1. The lowest BCUT2D eigenvalue weighted by atomic mass is 10.0. The Morgan fingerprint density at radius 3 is 2.25 bits per heavy atom. The fourth-order valence-corrected chi connectivity index (χ4v) is 4.26. The van der Waals surface area contributed by atoms with Gasteiger partial charge < -0.3 is 41.9 Å². The van der Waals surface area contributed by atoms with Crippen LogP contribution in [0.15, 0.2) is 43.0 Å². The number of aliphatic carboxylic acids is 2. The Kier molecular flexibility index (Phi) is 10.7. The van der Waals surface area contributed by atoms with Gasteiger partial charge in [-0.1, -0.05) is 18.2 Å². The average Bonchev–Trinajstić information content (AvgIpc) is 3.58. The van der Waals surface area contributed by atoms with E-state index in [1.807, 2.05) is 24.3 Å². The minimum Gasteiger partial charge on any atom is -0.481 e. The van der Waals surface area contributed by atoms with E-state index in [1.54, 1.807) is 6.20 Å². The van der Waals surface area contributed by atoms with Gasteiger partial charge in [0.2, 0.25) is 17.7 Å². The number of nitrogens with zero attached hydrogens (tertiary/aromatic N) is 1. The maximum Gasteiger partial charge on any atom is 0.326 e. The first-order valence-corrected chi connectivity index (χ1v) is 13.0. The Bertz CT molecular complexity index is 1340. The van der Waals surface area contributed by atoms with Gasteiger partial charge in [-0.15, -0.1) is 0 Å². The van der Waals surface area contributed by atoms with Gasteiger partial charge in [-0.25, -0.2) is 9.78 Å². The molecule has 214 valence electrons. The van der Waals surface area contributed by atoms with Crippen LogP contribution in [0.2, 0.25) is 0 Å². The summed E-state index contributed by atoms with van der Waals surface area (Å²) >= 11 is 4.08. The summed E-state index contributed by atoms with van der Waals surface area (Å²) in [5.41, 5.74) is 8.43. The van der Waals surface area contributed by atoms with Crippen molar-refractivity contribution in [2.24, 2.45) is 5.73 Å². The van der Waals surface area contributed by atoms with Crippen molar-refractivity contribution in [2.75, 3.05) is 5.75 Å². The molecule has 0 bridgehead atoms. The maximum atomic E-state index is 13.2. The number of imidazole rings is 1. The van der Waals surface area contributed by atoms with E-state index in [2.05, 4.69) is 43.5 Å². The van der Waals surface area contributed by atoms with Gasteiger partial charge in [0.1, 0.15) is 18.1 Å². The molecule has 0 spiro atoms. The molecule has 0 aliphatic heterocycles. The molecule has 14 nitrogen and oxygen atoms in total. The smallest absolute Gasteiger partial charge is 0.326 e. The number of aromatic nitrogens is 3. The molecule has 3 rings (SSSR count).